The summed E-state index contributed by atoms with van der Waals surface area (Å²) in [5.41, 5.74) is 0.960. The highest BCUT2D eigenvalue weighted by atomic mass is 16.5. The average molecular weight is 258 g/mol. The molecule has 1 atom stereocenters. The Morgan fingerprint density at radius 1 is 1.37 bits per heavy atom. The minimum Gasteiger partial charge on any atom is -0.374 e. The van der Waals surface area contributed by atoms with Crippen molar-refractivity contribution in [2.75, 3.05) is 38.6 Å². The number of nitrogens with zero attached hydrogens (tertiary/aromatic N) is 3. The van der Waals surface area contributed by atoms with E-state index in [1.165, 1.54) is 0 Å². The van der Waals surface area contributed by atoms with Gasteiger partial charge >= 0.3 is 0 Å². The van der Waals surface area contributed by atoms with Crippen LogP contribution in [0.15, 0.2) is 30.6 Å². The molecule has 1 aromatic carbocycles. The Morgan fingerprint density at radius 2 is 2.26 bits per heavy atom. The van der Waals surface area contributed by atoms with Gasteiger partial charge in [-0.05, 0) is 19.2 Å². The van der Waals surface area contributed by atoms with Crippen molar-refractivity contribution < 1.29 is 4.74 Å². The zero-order valence-electron chi connectivity index (χ0n) is 11.0. The second kappa shape index (κ2) is 5.50. The van der Waals surface area contributed by atoms with Crippen LogP contribution in [0.2, 0.25) is 0 Å². The second-order valence-electron chi connectivity index (χ2n) is 4.88. The van der Waals surface area contributed by atoms with Crippen molar-refractivity contribution in [1.29, 1.82) is 0 Å². The van der Waals surface area contributed by atoms with E-state index in [9.17, 15) is 0 Å². The lowest BCUT2D eigenvalue weighted by atomic mass is 10.2. The van der Waals surface area contributed by atoms with Crippen LogP contribution in [-0.4, -0.2) is 54.3 Å². The first-order chi connectivity index (χ1) is 9.33. The number of likely N-dealkylation sites (N-methyl/N-ethyl adjacent to an activating group) is 1. The lowest BCUT2D eigenvalue weighted by Crippen LogP contribution is -2.43. The summed E-state index contributed by atoms with van der Waals surface area (Å²) in [6.07, 6.45) is 1.81. The van der Waals surface area contributed by atoms with Crippen LogP contribution in [0.4, 0.5) is 5.82 Å². The third-order valence-electron chi connectivity index (χ3n) is 3.38. The molecule has 0 aliphatic carbocycles. The van der Waals surface area contributed by atoms with Crippen molar-refractivity contribution in [2.24, 2.45) is 0 Å². The summed E-state index contributed by atoms with van der Waals surface area (Å²) in [7, 11) is 2.12. The normalized spacial score (nSPS) is 20.6. The van der Waals surface area contributed by atoms with E-state index >= 15 is 0 Å². The van der Waals surface area contributed by atoms with Crippen molar-refractivity contribution in [3.63, 3.8) is 0 Å². The number of benzene rings is 1. The predicted molar refractivity (Wildman–Crippen MR) is 75.3 cm³/mol. The zero-order chi connectivity index (χ0) is 13.1. The number of aromatic nitrogens is 2. The maximum Gasteiger partial charge on any atom is 0.137 e. The number of anilines is 1. The fourth-order valence-corrected chi connectivity index (χ4v) is 2.35. The van der Waals surface area contributed by atoms with Gasteiger partial charge in [0.1, 0.15) is 12.1 Å². The van der Waals surface area contributed by atoms with E-state index in [2.05, 4.69) is 27.2 Å². The minimum atomic E-state index is 0.215. The summed E-state index contributed by atoms with van der Waals surface area (Å²) in [4.78, 5) is 10.9. The fourth-order valence-electron chi connectivity index (χ4n) is 2.35. The van der Waals surface area contributed by atoms with Gasteiger partial charge in [-0.1, -0.05) is 12.1 Å². The molecule has 2 heterocycles. The maximum atomic E-state index is 5.73. The molecule has 0 unspecified atom stereocenters. The van der Waals surface area contributed by atoms with Gasteiger partial charge in [0.15, 0.2) is 0 Å². The van der Waals surface area contributed by atoms with Crippen molar-refractivity contribution in [1.82, 2.24) is 14.9 Å². The maximum absolute atomic E-state index is 5.73. The van der Waals surface area contributed by atoms with Crippen molar-refractivity contribution in [3.8, 4) is 0 Å². The van der Waals surface area contributed by atoms with Gasteiger partial charge in [-0.15, -0.1) is 0 Å². The van der Waals surface area contributed by atoms with E-state index in [1.54, 1.807) is 6.33 Å². The van der Waals surface area contributed by atoms with E-state index in [1.807, 2.05) is 24.3 Å². The Labute approximate surface area is 112 Å². The van der Waals surface area contributed by atoms with Crippen LogP contribution in [0.1, 0.15) is 0 Å². The Kier molecular flexibility index (Phi) is 3.57. The summed E-state index contributed by atoms with van der Waals surface area (Å²) in [5, 5.41) is 4.43. The number of morpholine rings is 1. The van der Waals surface area contributed by atoms with Crippen LogP contribution in [0.25, 0.3) is 10.9 Å². The van der Waals surface area contributed by atoms with Gasteiger partial charge < -0.3 is 15.0 Å². The molecule has 0 amide bonds. The lowest BCUT2D eigenvalue weighted by molar-refractivity contribution is -0.0117. The fraction of sp³-hybridized carbons (Fsp3) is 0.429. The highest BCUT2D eigenvalue weighted by Gasteiger charge is 2.17. The van der Waals surface area contributed by atoms with E-state index in [-0.39, 0.29) is 6.10 Å². The second-order valence-corrected chi connectivity index (χ2v) is 4.88. The Balaban J connectivity index is 1.71. The van der Waals surface area contributed by atoms with Gasteiger partial charge in [0, 0.05) is 25.0 Å². The first-order valence-electron chi connectivity index (χ1n) is 6.57. The summed E-state index contributed by atoms with van der Waals surface area (Å²) >= 11 is 0. The van der Waals surface area contributed by atoms with Gasteiger partial charge in [-0.2, -0.15) is 0 Å². The first-order valence-corrected chi connectivity index (χ1v) is 6.57. The molecule has 0 saturated carbocycles. The van der Waals surface area contributed by atoms with E-state index < -0.39 is 0 Å². The minimum absolute atomic E-state index is 0.215. The summed E-state index contributed by atoms with van der Waals surface area (Å²) in [6, 6.07) is 8.01. The van der Waals surface area contributed by atoms with Crippen molar-refractivity contribution in [2.45, 2.75) is 6.10 Å². The SMILES string of the molecule is CN1CCO[C@@H](CNc2ncnc3ccccc23)C1. The summed E-state index contributed by atoms with van der Waals surface area (Å²) < 4.78 is 5.73. The van der Waals surface area contributed by atoms with Crippen LogP contribution < -0.4 is 5.32 Å². The molecule has 100 valence electrons. The Bertz CT molecular complexity index is 555. The molecule has 5 nitrogen and oxygen atoms in total. The number of fused-ring (bicyclic) bond motifs is 1. The van der Waals surface area contributed by atoms with Gasteiger partial charge in [0.2, 0.25) is 0 Å². The molecular weight excluding hydrogens is 240 g/mol. The van der Waals surface area contributed by atoms with Crippen molar-refractivity contribution in [3.05, 3.63) is 30.6 Å². The molecule has 0 bridgehead atoms. The third-order valence-corrected chi connectivity index (χ3v) is 3.38. The average Bonchev–Trinajstić information content (AvgIpc) is 2.45. The molecule has 1 N–H and O–H groups in total. The van der Waals surface area contributed by atoms with Crippen LogP contribution in [0, 0.1) is 0 Å². The number of para-hydroxylation sites is 1. The van der Waals surface area contributed by atoms with E-state index in [4.69, 9.17) is 4.74 Å². The highest BCUT2D eigenvalue weighted by molar-refractivity contribution is 5.88. The molecule has 3 rings (SSSR count). The largest absolute Gasteiger partial charge is 0.374 e. The molecule has 5 heteroatoms. The Hall–Kier alpha value is -1.72. The standard InChI is InChI=1S/C14H18N4O/c1-18-6-7-19-11(9-18)8-15-14-12-4-2-3-5-13(12)16-10-17-14/h2-5,10-11H,6-9H2,1H3,(H,15,16,17)/t11-/m0/s1. The molecular formula is C14H18N4O. The molecule has 1 aliphatic heterocycles. The zero-order valence-corrected chi connectivity index (χ0v) is 11.0. The topological polar surface area (TPSA) is 50.3 Å². The molecule has 0 radical (unpaired) electrons. The molecule has 0 spiro atoms. The monoisotopic (exact) mass is 258 g/mol. The van der Waals surface area contributed by atoms with E-state index in [0.717, 1.165) is 43.0 Å². The number of nitrogens with one attached hydrogen (secondary N) is 1. The molecule has 1 aliphatic rings. The van der Waals surface area contributed by atoms with E-state index in [0.29, 0.717) is 0 Å². The third kappa shape index (κ3) is 2.83. The van der Waals surface area contributed by atoms with Gasteiger partial charge in [0.25, 0.3) is 0 Å². The van der Waals surface area contributed by atoms with Gasteiger partial charge in [-0.25, -0.2) is 9.97 Å². The van der Waals surface area contributed by atoms with Gasteiger partial charge in [0.05, 0.1) is 18.2 Å². The number of hydrogen-bond acceptors (Lipinski definition) is 5. The number of hydrogen-bond donors (Lipinski definition) is 1. The Morgan fingerprint density at radius 3 is 3.16 bits per heavy atom. The summed E-state index contributed by atoms with van der Waals surface area (Å²) in [5.74, 6) is 0.877. The van der Waals surface area contributed by atoms with Crippen LogP contribution in [0.3, 0.4) is 0 Å². The smallest absolute Gasteiger partial charge is 0.137 e. The molecule has 2 aromatic rings. The molecule has 19 heavy (non-hydrogen) atoms. The molecule has 1 aromatic heterocycles. The lowest BCUT2D eigenvalue weighted by Gasteiger charge is -2.30. The number of ether oxygens (including phenoxy) is 1. The predicted octanol–water partition coefficient (Wildman–Crippen LogP) is 1.37. The van der Waals surface area contributed by atoms with Crippen LogP contribution in [0.5, 0.6) is 0 Å². The highest BCUT2D eigenvalue weighted by Crippen LogP contribution is 2.18. The summed E-state index contributed by atoms with van der Waals surface area (Å²) in [6.45, 7) is 3.53. The quantitative estimate of drug-likeness (QED) is 0.901. The first kappa shape index (κ1) is 12.3. The molecule has 1 fully saturated rings. The van der Waals surface area contributed by atoms with Gasteiger partial charge in [-0.3, -0.25) is 0 Å². The van der Waals surface area contributed by atoms with Crippen molar-refractivity contribution >= 4 is 16.7 Å². The number of rotatable bonds is 3. The molecule has 1 saturated heterocycles. The van der Waals surface area contributed by atoms with Crippen LogP contribution >= 0.6 is 0 Å². The van der Waals surface area contributed by atoms with Crippen LogP contribution in [-0.2, 0) is 4.74 Å².